The summed E-state index contributed by atoms with van der Waals surface area (Å²) >= 11 is 0. The number of likely N-dealkylation sites (N-methyl/N-ethyl adjacent to an activating group) is 1. The van der Waals surface area contributed by atoms with Crippen molar-refractivity contribution < 1.29 is 28.7 Å². The van der Waals surface area contributed by atoms with E-state index in [9.17, 15) is 9.59 Å². The van der Waals surface area contributed by atoms with E-state index in [1.54, 1.807) is 28.1 Å². The second-order valence-corrected chi connectivity index (χ2v) is 6.40. The van der Waals surface area contributed by atoms with Gasteiger partial charge in [-0.3, -0.25) is 0 Å². The average molecular weight is 378 g/mol. The topological polar surface area (TPSA) is 90.3 Å². The van der Waals surface area contributed by atoms with Crippen molar-refractivity contribution >= 4 is 12.0 Å². The van der Waals surface area contributed by atoms with Crippen molar-refractivity contribution in [3.05, 3.63) is 35.0 Å². The first-order valence-electron chi connectivity index (χ1n) is 8.90. The third-order valence-electron chi connectivity index (χ3n) is 4.32. The summed E-state index contributed by atoms with van der Waals surface area (Å²) in [4.78, 5) is 25.3. The molecular weight excluding hydrogens is 350 g/mol. The molecule has 1 aliphatic heterocycles. The van der Waals surface area contributed by atoms with E-state index in [1.807, 2.05) is 25.2 Å². The lowest BCUT2D eigenvalue weighted by atomic mass is 10.0. The number of hydrogen-bond donors (Lipinski definition) is 3. The fourth-order valence-electron chi connectivity index (χ4n) is 3.20. The highest BCUT2D eigenvalue weighted by molar-refractivity contribution is 5.94. The fraction of sp³-hybridized carbons (Fsp3) is 0.474. The van der Waals surface area contributed by atoms with E-state index in [2.05, 4.69) is 10.6 Å². The van der Waals surface area contributed by atoms with Crippen molar-refractivity contribution in [3.63, 3.8) is 0 Å². The Labute approximate surface area is 159 Å². The highest BCUT2D eigenvalue weighted by Gasteiger charge is 2.31. The number of para-hydroxylation sites is 1. The SMILES string of the molecule is CCOC(=O)C1=C(C[NH+](C)Cc2cccc(OC)c2OC)NC(=O)N[C@H]1C. The molecule has 0 saturated carbocycles. The summed E-state index contributed by atoms with van der Waals surface area (Å²) in [6, 6.07) is 4.98. The van der Waals surface area contributed by atoms with E-state index < -0.39 is 12.0 Å². The van der Waals surface area contributed by atoms with Crippen molar-refractivity contribution in [1.82, 2.24) is 10.6 Å². The van der Waals surface area contributed by atoms with E-state index >= 15 is 0 Å². The quantitative estimate of drug-likeness (QED) is 0.564. The molecule has 0 aromatic heterocycles. The van der Waals surface area contributed by atoms with Crippen LogP contribution in [0.1, 0.15) is 19.4 Å². The predicted molar refractivity (Wildman–Crippen MR) is 99.8 cm³/mol. The lowest BCUT2D eigenvalue weighted by Gasteiger charge is -2.27. The third-order valence-corrected chi connectivity index (χ3v) is 4.32. The van der Waals surface area contributed by atoms with Gasteiger partial charge < -0.3 is 29.7 Å². The van der Waals surface area contributed by atoms with Crippen LogP contribution in [0.4, 0.5) is 4.79 Å². The number of carbonyl (C=O) groups excluding carboxylic acids is 2. The first-order valence-corrected chi connectivity index (χ1v) is 8.90. The van der Waals surface area contributed by atoms with Crippen LogP contribution < -0.4 is 25.0 Å². The zero-order valence-electron chi connectivity index (χ0n) is 16.5. The Kier molecular flexibility index (Phi) is 7.06. The summed E-state index contributed by atoms with van der Waals surface area (Å²) in [5.41, 5.74) is 2.00. The van der Waals surface area contributed by atoms with Gasteiger partial charge in [0.25, 0.3) is 0 Å². The number of urea groups is 1. The monoisotopic (exact) mass is 378 g/mol. The molecule has 0 fully saturated rings. The first-order chi connectivity index (χ1) is 12.9. The Hall–Kier alpha value is -2.74. The zero-order valence-corrected chi connectivity index (χ0v) is 16.5. The standard InChI is InChI=1S/C19H27N3O5/c1-6-27-18(23)16-12(2)20-19(24)21-14(16)11-22(3)10-13-8-7-9-15(25-4)17(13)26-5/h7-9,12H,6,10-11H2,1-5H3,(H2,20,21,24)/p+1/t12-/m0/s1. The molecule has 0 aliphatic carbocycles. The maximum atomic E-state index is 12.3. The molecule has 1 aromatic rings. The van der Waals surface area contributed by atoms with E-state index in [4.69, 9.17) is 14.2 Å². The zero-order chi connectivity index (χ0) is 20.0. The third kappa shape index (κ3) is 4.91. The van der Waals surface area contributed by atoms with Gasteiger partial charge in [-0.15, -0.1) is 0 Å². The molecule has 8 nitrogen and oxygen atoms in total. The molecular formula is C19H28N3O5+. The van der Waals surface area contributed by atoms with E-state index in [0.717, 1.165) is 10.5 Å². The van der Waals surface area contributed by atoms with Gasteiger partial charge in [0.05, 0.1) is 50.7 Å². The maximum Gasteiger partial charge on any atom is 0.338 e. The lowest BCUT2D eigenvalue weighted by Crippen LogP contribution is -3.08. The summed E-state index contributed by atoms with van der Waals surface area (Å²) in [6.07, 6.45) is 0. The Morgan fingerprint density at radius 2 is 1.96 bits per heavy atom. The number of nitrogens with one attached hydrogen (secondary N) is 3. The molecule has 2 rings (SSSR count). The molecule has 1 unspecified atom stereocenters. The predicted octanol–water partition coefficient (Wildman–Crippen LogP) is 0.237. The van der Waals surface area contributed by atoms with Crippen LogP contribution in [0.25, 0.3) is 0 Å². The molecule has 2 atom stereocenters. The van der Waals surface area contributed by atoms with Crippen LogP contribution in [0, 0.1) is 0 Å². The molecule has 148 valence electrons. The molecule has 1 aliphatic rings. The van der Waals surface area contributed by atoms with Crippen molar-refractivity contribution in [2.24, 2.45) is 0 Å². The lowest BCUT2D eigenvalue weighted by molar-refractivity contribution is -0.889. The number of quaternary nitrogens is 1. The van der Waals surface area contributed by atoms with Gasteiger partial charge in [0.2, 0.25) is 0 Å². The molecule has 27 heavy (non-hydrogen) atoms. The van der Waals surface area contributed by atoms with Gasteiger partial charge in [-0.2, -0.15) is 0 Å². The minimum Gasteiger partial charge on any atom is -0.493 e. The minimum absolute atomic E-state index is 0.278. The Morgan fingerprint density at radius 1 is 1.22 bits per heavy atom. The van der Waals surface area contributed by atoms with Gasteiger partial charge in [-0.25, -0.2) is 9.59 Å². The molecule has 0 saturated heterocycles. The number of benzene rings is 1. The fourth-order valence-corrected chi connectivity index (χ4v) is 3.20. The first kappa shape index (κ1) is 20.6. The highest BCUT2D eigenvalue weighted by Crippen LogP contribution is 2.30. The maximum absolute atomic E-state index is 12.3. The Balaban J connectivity index is 2.24. The van der Waals surface area contributed by atoms with Crippen LogP contribution in [0.5, 0.6) is 11.5 Å². The molecule has 0 spiro atoms. The second kappa shape index (κ2) is 9.27. The highest BCUT2D eigenvalue weighted by atomic mass is 16.5. The average Bonchev–Trinajstić information content (AvgIpc) is 2.60. The largest absolute Gasteiger partial charge is 0.493 e. The van der Waals surface area contributed by atoms with Crippen LogP contribution in [0.3, 0.4) is 0 Å². The van der Waals surface area contributed by atoms with Gasteiger partial charge in [-0.05, 0) is 26.0 Å². The van der Waals surface area contributed by atoms with Crippen molar-refractivity contribution in [2.75, 3.05) is 34.4 Å². The smallest absolute Gasteiger partial charge is 0.338 e. The summed E-state index contributed by atoms with van der Waals surface area (Å²) < 4.78 is 16.0. The summed E-state index contributed by atoms with van der Waals surface area (Å²) in [6.45, 7) is 4.87. The van der Waals surface area contributed by atoms with Gasteiger partial charge in [0.1, 0.15) is 13.1 Å². The van der Waals surface area contributed by atoms with Crippen LogP contribution >= 0.6 is 0 Å². The Bertz CT molecular complexity index is 732. The minimum atomic E-state index is -0.417. The summed E-state index contributed by atoms with van der Waals surface area (Å²) in [7, 11) is 5.18. The van der Waals surface area contributed by atoms with Crippen LogP contribution in [-0.2, 0) is 16.1 Å². The molecule has 8 heteroatoms. The number of amides is 2. The van der Waals surface area contributed by atoms with Gasteiger partial charge in [-0.1, -0.05) is 6.07 Å². The number of rotatable bonds is 8. The van der Waals surface area contributed by atoms with Crippen LogP contribution in [0.15, 0.2) is 29.5 Å². The van der Waals surface area contributed by atoms with Crippen molar-refractivity contribution in [3.8, 4) is 11.5 Å². The van der Waals surface area contributed by atoms with E-state index in [-0.39, 0.29) is 12.6 Å². The van der Waals surface area contributed by atoms with Gasteiger partial charge in [0, 0.05) is 0 Å². The van der Waals surface area contributed by atoms with Crippen molar-refractivity contribution in [1.29, 1.82) is 0 Å². The molecule has 3 N–H and O–H groups in total. The van der Waals surface area contributed by atoms with Crippen LogP contribution in [0.2, 0.25) is 0 Å². The summed E-state index contributed by atoms with van der Waals surface area (Å²) in [5, 5.41) is 5.46. The number of methoxy groups -OCH3 is 2. The Morgan fingerprint density at radius 3 is 2.59 bits per heavy atom. The van der Waals surface area contributed by atoms with E-state index in [1.165, 1.54) is 0 Å². The van der Waals surface area contributed by atoms with Gasteiger partial charge >= 0.3 is 12.0 Å². The number of hydrogen-bond acceptors (Lipinski definition) is 5. The second-order valence-electron chi connectivity index (χ2n) is 6.40. The van der Waals surface area contributed by atoms with Crippen molar-refractivity contribution in [2.45, 2.75) is 26.4 Å². The molecule has 0 bridgehead atoms. The number of esters is 1. The molecule has 2 amide bonds. The molecule has 1 heterocycles. The molecule has 0 radical (unpaired) electrons. The van der Waals surface area contributed by atoms with Gasteiger partial charge in [0.15, 0.2) is 11.5 Å². The summed E-state index contributed by atoms with van der Waals surface area (Å²) in [5.74, 6) is 0.930. The normalized spacial score (nSPS) is 17.7. The number of ether oxygens (including phenoxy) is 3. The van der Waals surface area contributed by atoms with E-state index in [0.29, 0.717) is 35.9 Å². The number of carbonyl (C=O) groups is 2. The molecule has 1 aromatic carbocycles. The van der Waals surface area contributed by atoms with Crippen LogP contribution in [-0.4, -0.2) is 52.5 Å².